The second-order valence-electron chi connectivity index (χ2n) is 5.34. The van der Waals surface area contributed by atoms with Gasteiger partial charge < -0.3 is 10.1 Å². The maximum absolute atomic E-state index is 5.23. The van der Waals surface area contributed by atoms with Gasteiger partial charge in [-0.25, -0.2) is 0 Å². The van der Waals surface area contributed by atoms with Crippen molar-refractivity contribution in [3.05, 3.63) is 65.7 Å². The van der Waals surface area contributed by atoms with Crippen LogP contribution in [-0.4, -0.2) is 13.2 Å². The first-order valence-corrected chi connectivity index (χ1v) is 7.13. The zero-order chi connectivity index (χ0) is 14.4. The van der Waals surface area contributed by atoms with Crippen LogP contribution < -0.4 is 10.1 Å². The van der Waals surface area contributed by atoms with E-state index >= 15 is 0 Å². The van der Waals surface area contributed by atoms with Crippen molar-refractivity contribution in [2.24, 2.45) is 0 Å². The first-order chi connectivity index (χ1) is 9.69. The lowest BCUT2D eigenvalue weighted by molar-refractivity contribution is 0.414. The van der Waals surface area contributed by atoms with Gasteiger partial charge in [0.25, 0.3) is 0 Å². The molecule has 1 N–H and O–H groups in total. The largest absolute Gasteiger partial charge is 0.497 e. The Morgan fingerprint density at radius 2 is 1.60 bits per heavy atom. The number of ether oxygens (including phenoxy) is 1. The molecule has 0 bridgehead atoms. The number of rotatable bonds is 6. The van der Waals surface area contributed by atoms with Gasteiger partial charge in [-0.15, -0.1) is 0 Å². The summed E-state index contributed by atoms with van der Waals surface area (Å²) in [5.41, 5.74) is 2.64. The van der Waals surface area contributed by atoms with Gasteiger partial charge in [-0.05, 0) is 29.7 Å². The van der Waals surface area contributed by atoms with Crippen LogP contribution in [0, 0.1) is 0 Å². The molecule has 0 radical (unpaired) electrons. The predicted molar refractivity (Wildman–Crippen MR) is 84.2 cm³/mol. The van der Waals surface area contributed by atoms with Crippen molar-refractivity contribution < 1.29 is 4.74 Å². The minimum absolute atomic E-state index is 0.323. The second-order valence-corrected chi connectivity index (χ2v) is 5.34. The summed E-state index contributed by atoms with van der Waals surface area (Å²) in [6.07, 6.45) is 0.991. The molecule has 2 rings (SSSR count). The summed E-state index contributed by atoms with van der Waals surface area (Å²) >= 11 is 0. The Balaban J connectivity index is 2.17. The molecule has 106 valence electrons. The fourth-order valence-corrected chi connectivity index (χ4v) is 2.36. The van der Waals surface area contributed by atoms with Gasteiger partial charge in [-0.1, -0.05) is 56.3 Å². The molecule has 1 unspecified atom stereocenters. The molecule has 0 amide bonds. The maximum Gasteiger partial charge on any atom is 0.118 e. The molecule has 2 aromatic rings. The molecule has 2 aromatic carbocycles. The molecule has 1 atom stereocenters. The van der Waals surface area contributed by atoms with Gasteiger partial charge in [0.2, 0.25) is 0 Å². The van der Waals surface area contributed by atoms with Crippen LogP contribution in [0.5, 0.6) is 5.75 Å². The summed E-state index contributed by atoms with van der Waals surface area (Å²) in [4.78, 5) is 0. The molecule has 0 saturated carbocycles. The van der Waals surface area contributed by atoms with Crippen molar-refractivity contribution in [3.8, 4) is 5.75 Å². The average molecular weight is 269 g/mol. The van der Waals surface area contributed by atoms with Crippen molar-refractivity contribution in [1.29, 1.82) is 0 Å². The lowest BCUT2D eigenvalue weighted by atomic mass is 9.98. The quantitative estimate of drug-likeness (QED) is 0.856. The topological polar surface area (TPSA) is 21.3 Å². The molecule has 0 spiro atoms. The molecule has 0 aliphatic rings. The Hall–Kier alpha value is -1.80. The summed E-state index contributed by atoms with van der Waals surface area (Å²) in [6, 6.07) is 19.7. The van der Waals surface area contributed by atoms with Crippen molar-refractivity contribution in [3.63, 3.8) is 0 Å². The van der Waals surface area contributed by atoms with Crippen LogP contribution in [0.2, 0.25) is 0 Å². The molecular formula is C18H23NO. The van der Waals surface area contributed by atoms with Crippen LogP contribution in [0.15, 0.2) is 54.6 Å². The molecule has 2 heteroatoms. The third-order valence-electron chi connectivity index (χ3n) is 3.34. The van der Waals surface area contributed by atoms with E-state index in [2.05, 4.69) is 61.6 Å². The van der Waals surface area contributed by atoms with Gasteiger partial charge in [0.15, 0.2) is 0 Å². The van der Waals surface area contributed by atoms with Crippen molar-refractivity contribution in [2.45, 2.75) is 32.4 Å². The molecule has 0 heterocycles. The van der Waals surface area contributed by atoms with E-state index < -0.39 is 0 Å². The van der Waals surface area contributed by atoms with E-state index in [0.717, 1.165) is 12.2 Å². The lowest BCUT2D eigenvalue weighted by Crippen LogP contribution is -2.29. The highest BCUT2D eigenvalue weighted by atomic mass is 16.5. The summed E-state index contributed by atoms with van der Waals surface area (Å²) in [5, 5.41) is 3.64. The van der Waals surface area contributed by atoms with E-state index in [-0.39, 0.29) is 0 Å². The molecule has 0 aliphatic heterocycles. The van der Waals surface area contributed by atoms with Crippen LogP contribution in [0.3, 0.4) is 0 Å². The van der Waals surface area contributed by atoms with Crippen LogP contribution in [-0.2, 0) is 6.42 Å². The fourth-order valence-electron chi connectivity index (χ4n) is 2.36. The highest BCUT2D eigenvalue weighted by Crippen LogP contribution is 2.21. The van der Waals surface area contributed by atoms with Gasteiger partial charge in [0.1, 0.15) is 5.75 Å². The number of nitrogens with one attached hydrogen (secondary N) is 1. The first-order valence-electron chi connectivity index (χ1n) is 7.13. The minimum Gasteiger partial charge on any atom is -0.497 e. The van der Waals surface area contributed by atoms with Crippen LogP contribution >= 0.6 is 0 Å². The first kappa shape index (κ1) is 14.6. The zero-order valence-corrected chi connectivity index (χ0v) is 12.5. The lowest BCUT2D eigenvalue weighted by Gasteiger charge is -2.22. The smallest absolute Gasteiger partial charge is 0.118 e. The number of methoxy groups -OCH3 is 1. The summed E-state index contributed by atoms with van der Waals surface area (Å²) in [7, 11) is 1.70. The Kier molecular flexibility index (Phi) is 5.19. The van der Waals surface area contributed by atoms with Crippen molar-refractivity contribution in [1.82, 2.24) is 5.32 Å². The summed E-state index contributed by atoms with van der Waals surface area (Å²) in [6.45, 7) is 4.36. The molecule has 0 aliphatic carbocycles. The predicted octanol–water partition coefficient (Wildman–Crippen LogP) is 3.98. The third kappa shape index (κ3) is 4.10. The fraction of sp³-hybridized carbons (Fsp3) is 0.333. The normalized spacial score (nSPS) is 12.4. The van der Waals surface area contributed by atoms with Gasteiger partial charge in [-0.2, -0.15) is 0 Å². The number of hydrogen-bond acceptors (Lipinski definition) is 2. The molecule has 0 fully saturated rings. The Bertz CT molecular complexity index is 505. The second kappa shape index (κ2) is 7.11. The van der Waals surface area contributed by atoms with Crippen LogP contribution in [0.4, 0.5) is 0 Å². The molecular weight excluding hydrogens is 246 g/mol. The van der Waals surface area contributed by atoms with E-state index in [9.17, 15) is 0 Å². The summed E-state index contributed by atoms with van der Waals surface area (Å²) in [5.74, 6) is 0.900. The van der Waals surface area contributed by atoms with E-state index in [0.29, 0.717) is 12.1 Å². The Morgan fingerprint density at radius 1 is 0.950 bits per heavy atom. The number of hydrogen-bond donors (Lipinski definition) is 1. The summed E-state index contributed by atoms with van der Waals surface area (Å²) < 4.78 is 5.23. The van der Waals surface area contributed by atoms with E-state index in [1.54, 1.807) is 7.11 Å². The van der Waals surface area contributed by atoms with Crippen molar-refractivity contribution in [2.75, 3.05) is 7.11 Å². The average Bonchev–Trinajstić information content (AvgIpc) is 2.47. The molecule has 2 nitrogen and oxygen atoms in total. The van der Waals surface area contributed by atoms with Crippen LogP contribution in [0.1, 0.15) is 31.0 Å². The van der Waals surface area contributed by atoms with E-state index in [1.165, 1.54) is 11.1 Å². The van der Waals surface area contributed by atoms with Crippen LogP contribution in [0.25, 0.3) is 0 Å². The highest BCUT2D eigenvalue weighted by Gasteiger charge is 2.13. The Morgan fingerprint density at radius 3 is 2.15 bits per heavy atom. The molecule has 20 heavy (non-hydrogen) atoms. The minimum atomic E-state index is 0.323. The maximum atomic E-state index is 5.23. The van der Waals surface area contributed by atoms with Crippen molar-refractivity contribution >= 4 is 0 Å². The van der Waals surface area contributed by atoms with Gasteiger partial charge in [0, 0.05) is 12.1 Å². The molecule has 0 aromatic heterocycles. The monoisotopic (exact) mass is 269 g/mol. The van der Waals surface area contributed by atoms with E-state index in [4.69, 9.17) is 4.74 Å². The molecule has 0 saturated heterocycles. The SMILES string of the molecule is COc1ccc(C(Cc2ccccc2)NC(C)C)cc1. The van der Waals surface area contributed by atoms with Gasteiger partial charge in [-0.3, -0.25) is 0 Å². The third-order valence-corrected chi connectivity index (χ3v) is 3.34. The van der Waals surface area contributed by atoms with E-state index in [1.807, 2.05) is 12.1 Å². The number of benzene rings is 2. The van der Waals surface area contributed by atoms with Gasteiger partial charge >= 0.3 is 0 Å². The Labute approximate surface area is 121 Å². The highest BCUT2D eigenvalue weighted by molar-refractivity contribution is 5.30. The van der Waals surface area contributed by atoms with Gasteiger partial charge in [0.05, 0.1) is 7.11 Å². The zero-order valence-electron chi connectivity index (χ0n) is 12.5. The standard InChI is InChI=1S/C18H23NO/c1-14(2)19-18(13-15-7-5-4-6-8-15)16-9-11-17(20-3)12-10-16/h4-12,14,18-19H,13H2,1-3H3.